The number of nitrogens with zero attached hydrogens (tertiary/aromatic N) is 1. The van der Waals surface area contributed by atoms with Gasteiger partial charge in [0.2, 0.25) is 6.79 Å². The molecular formula is C18H12F2N2O3S. The number of fused-ring (bicyclic) bond motifs is 1. The second-order valence-electron chi connectivity index (χ2n) is 5.14. The van der Waals surface area contributed by atoms with E-state index in [9.17, 15) is 18.8 Å². The Labute approximate surface area is 152 Å². The second-order valence-corrected chi connectivity index (χ2v) is 6.20. The van der Waals surface area contributed by atoms with Crippen molar-refractivity contribution in [3.05, 3.63) is 53.6 Å². The number of carbonyl (C=O) groups excluding carboxylic acids is 1. The first-order chi connectivity index (χ1) is 12.5. The normalized spacial score (nSPS) is 12.8. The Morgan fingerprint density at radius 2 is 1.92 bits per heavy atom. The topological polar surface area (TPSA) is 71.3 Å². The third-order valence-electron chi connectivity index (χ3n) is 3.41. The number of hydrogen-bond acceptors (Lipinski definition) is 5. The van der Waals surface area contributed by atoms with E-state index in [1.54, 1.807) is 18.2 Å². The van der Waals surface area contributed by atoms with Gasteiger partial charge in [-0.3, -0.25) is 4.79 Å². The van der Waals surface area contributed by atoms with E-state index in [4.69, 9.17) is 9.47 Å². The minimum Gasteiger partial charge on any atom is -0.454 e. The fourth-order valence-electron chi connectivity index (χ4n) is 2.24. The number of amides is 1. The van der Waals surface area contributed by atoms with Crippen molar-refractivity contribution in [3.8, 4) is 17.6 Å². The molecule has 132 valence electrons. The number of anilines is 1. The molecule has 1 N–H and O–H groups in total. The van der Waals surface area contributed by atoms with Crippen molar-refractivity contribution < 1.29 is 23.0 Å². The maximum absolute atomic E-state index is 12.3. The van der Waals surface area contributed by atoms with E-state index >= 15 is 0 Å². The summed E-state index contributed by atoms with van der Waals surface area (Å²) in [4.78, 5) is 12.6. The molecule has 0 radical (unpaired) electrons. The lowest BCUT2D eigenvalue weighted by atomic mass is 10.1. The quantitative estimate of drug-likeness (QED) is 0.481. The number of thioether (sulfide) groups is 1. The summed E-state index contributed by atoms with van der Waals surface area (Å²) in [6, 6.07) is 12.9. The highest BCUT2D eigenvalue weighted by atomic mass is 32.2. The van der Waals surface area contributed by atoms with Crippen LogP contribution < -0.4 is 14.8 Å². The highest BCUT2D eigenvalue weighted by Gasteiger charge is 2.14. The molecule has 0 bridgehead atoms. The Kier molecular flexibility index (Phi) is 5.39. The molecule has 0 unspecified atom stereocenters. The summed E-state index contributed by atoms with van der Waals surface area (Å²) >= 11 is 0.416. The van der Waals surface area contributed by atoms with Crippen LogP contribution in [0.25, 0.3) is 6.08 Å². The fraction of sp³-hybridized carbons (Fsp3) is 0.111. The van der Waals surface area contributed by atoms with Gasteiger partial charge in [-0.1, -0.05) is 17.8 Å². The largest absolute Gasteiger partial charge is 0.454 e. The number of nitriles is 1. The van der Waals surface area contributed by atoms with Gasteiger partial charge >= 0.3 is 0 Å². The number of carbonyl (C=O) groups is 1. The van der Waals surface area contributed by atoms with Crippen LogP contribution in [0.4, 0.5) is 14.5 Å². The summed E-state index contributed by atoms with van der Waals surface area (Å²) in [5, 5.41) is 11.8. The first-order valence-electron chi connectivity index (χ1n) is 7.43. The van der Waals surface area contributed by atoms with Crippen LogP contribution in [-0.2, 0) is 4.79 Å². The van der Waals surface area contributed by atoms with E-state index in [1.165, 1.54) is 30.3 Å². The highest BCUT2D eigenvalue weighted by Crippen LogP contribution is 2.33. The van der Waals surface area contributed by atoms with Crippen LogP contribution in [0.1, 0.15) is 5.56 Å². The monoisotopic (exact) mass is 374 g/mol. The summed E-state index contributed by atoms with van der Waals surface area (Å²) in [5.41, 5.74) is 0.917. The lowest BCUT2D eigenvalue weighted by Gasteiger charge is -2.06. The zero-order valence-electron chi connectivity index (χ0n) is 13.2. The SMILES string of the molecule is N#C/C(=C/c1ccc2c(c1)OCO2)C(=O)Nc1ccc(SC(F)F)cc1. The van der Waals surface area contributed by atoms with Crippen LogP contribution in [-0.4, -0.2) is 18.5 Å². The maximum atomic E-state index is 12.3. The number of hydrogen-bond donors (Lipinski definition) is 1. The summed E-state index contributed by atoms with van der Waals surface area (Å²) in [7, 11) is 0. The lowest BCUT2D eigenvalue weighted by Crippen LogP contribution is -2.13. The zero-order chi connectivity index (χ0) is 18.5. The van der Waals surface area contributed by atoms with Gasteiger partial charge in [0.25, 0.3) is 11.7 Å². The smallest absolute Gasteiger partial charge is 0.288 e. The van der Waals surface area contributed by atoms with Gasteiger partial charge in [0, 0.05) is 10.6 Å². The van der Waals surface area contributed by atoms with E-state index < -0.39 is 11.7 Å². The van der Waals surface area contributed by atoms with Crippen molar-refractivity contribution >= 4 is 29.4 Å². The van der Waals surface area contributed by atoms with Crippen LogP contribution in [0.2, 0.25) is 0 Å². The molecule has 0 aromatic heterocycles. The Morgan fingerprint density at radius 3 is 2.62 bits per heavy atom. The Hall–Kier alpha value is -3.05. The zero-order valence-corrected chi connectivity index (χ0v) is 14.1. The number of halogens is 2. The number of nitrogens with one attached hydrogen (secondary N) is 1. The standard InChI is InChI=1S/C18H12F2N2O3S/c19-18(20)26-14-4-2-13(3-5-14)22-17(23)12(9-21)7-11-1-6-15-16(8-11)25-10-24-15/h1-8,18H,10H2,(H,22,23)/b12-7-. The van der Waals surface area contributed by atoms with E-state index in [0.717, 1.165) is 0 Å². The maximum Gasteiger partial charge on any atom is 0.288 e. The van der Waals surface area contributed by atoms with E-state index in [0.29, 0.717) is 39.4 Å². The molecule has 1 aliphatic rings. The molecule has 0 spiro atoms. The average molecular weight is 374 g/mol. The molecule has 3 rings (SSSR count). The van der Waals surface area contributed by atoms with Gasteiger partial charge in [-0.15, -0.1) is 0 Å². The molecule has 2 aromatic carbocycles. The highest BCUT2D eigenvalue weighted by molar-refractivity contribution is 7.99. The molecule has 26 heavy (non-hydrogen) atoms. The van der Waals surface area contributed by atoms with Crippen LogP contribution in [0.15, 0.2) is 52.9 Å². The van der Waals surface area contributed by atoms with Gasteiger partial charge in [0.15, 0.2) is 11.5 Å². The van der Waals surface area contributed by atoms with Gasteiger partial charge in [-0.2, -0.15) is 14.0 Å². The van der Waals surface area contributed by atoms with Crippen molar-refractivity contribution in [2.24, 2.45) is 0 Å². The molecule has 0 saturated carbocycles. The molecule has 0 atom stereocenters. The fourth-order valence-corrected chi connectivity index (χ4v) is 2.74. The molecule has 0 saturated heterocycles. The molecule has 0 aliphatic carbocycles. The first-order valence-corrected chi connectivity index (χ1v) is 8.31. The van der Waals surface area contributed by atoms with Crippen molar-refractivity contribution in [2.75, 3.05) is 12.1 Å². The van der Waals surface area contributed by atoms with Gasteiger partial charge < -0.3 is 14.8 Å². The van der Waals surface area contributed by atoms with Crippen molar-refractivity contribution in [1.82, 2.24) is 0 Å². The van der Waals surface area contributed by atoms with Gasteiger partial charge in [0.05, 0.1) is 0 Å². The second kappa shape index (κ2) is 7.89. The Balaban J connectivity index is 1.72. The van der Waals surface area contributed by atoms with E-state index in [1.807, 2.05) is 6.07 Å². The van der Waals surface area contributed by atoms with Crippen LogP contribution in [0, 0.1) is 11.3 Å². The van der Waals surface area contributed by atoms with Crippen LogP contribution in [0.3, 0.4) is 0 Å². The van der Waals surface area contributed by atoms with Gasteiger partial charge in [-0.25, -0.2) is 0 Å². The minimum absolute atomic E-state index is 0.102. The van der Waals surface area contributed by atoms with Crippen molar-refractivity contribution in [3.63, 3.8) is 0 Å². The molecular weight excluding hydrogens is 362 g/mol. The van der Waals surface area contributed by atoms with Gasteiger partial charge in [0.1, 0.15) is 11.6 Å². The van der Waals surface area contributed by atoms with Crippen molar-refractivity contribution in [1.29, 1.82) is 5.26 Å². The molecule has 5 nitrogen and oxygen atoms in total. The van der Waals surface area contributed by atoms with Crippen LogP contribution >= 0.6 is 11.8 Å². The van der Waals surface area contributed by atoms with Crippen LogP contribution in [0.5, 0.6) is 11.5 Å². The Morgan fingerprint density at radius 1 is 1.19 bits per heavy atom. The average Bonchev–Trinajstić information content (AvgIpc) is 3.08. The molecule has 0 fully saturated rings. The molecule has 1 aliphatic heterocycles. The summed E-state index contributed by atoms with van der Waals surface area (Å²) in [6.07, 6.45) is 1.43. The van der Waals surface area contributed by atoms with E-state index in [2.05, 4.69) is 5.32 Å². The number of benzene rings is 2. The Bertz CT molecular complexity index is 892. The van der Waals surface area contributed by atoms with Gasteiger partial charge in [-0.05, 0) is 48.0 Å². The number of ether oxygens (including phenoxy) is 2. The predicted molar refractivity (Wildman–Crippen MR) is 93.1 cm³/mol. The summed E-state index contributed by atoms with van der Waals surface area (Å²) in [6.45, 7) is 0.133. The predicted octanol–water partition coefficient (Wildman–Crippen LogP) is 4.28. The van der Waals surface area contributed by atoms with Crippen molar-refractivity contribution in [2.45, 2.75) is 10.7 Å². The third kappa shape index (κ3) is 4.32. The minimum atomic E-state index is -2.51. The molecule has 1 amide bonds. The third-order valence-corrected chi connectivity index (χ3v) is 4.13. The number of rotatable bonds is 5. The number of alkyl halides is 2. The van der Waals surface area contributed by atoms with E-state index in [-0.39, 0.29) is 12.4 Å². The summed E-state index contributed by atoms with van der Waals surface area (Å²) < 4.78 is 35.1. The summed E-state index contributed by atoms with van der Waals surface area (Å²) in [5.74, 6) is -1.96. The molecule has 1 heterocycles. The lowest BCUT2D eigenvalue weighted by molar-refractivity contribution is -0.112. The molecule has 8 heteroatoms. The molecule has 2 aromatic rings. The first kappa shape index (κ1) is 17.8.